The average molecular weight is 390 g/mol. The Morgan fingerprint density at radius 1 is 1.10 bits per heavy atom. The highest BCUT2D eigenvalue weighted by atomic mass is 16.5. The van der Waals surface area contributed by atoms with Gasteiger partial charge in [0.25, 0.3) is 5.56 Å². The van der Waals surface area contributed by atoms with E-state index in [4.69, 9.17) is 14.5 Å². The number of H-pyrrole nitrogens is 1. The van der Waals surface area contributed by atoms with Crippen LogP contribution in [0, 0.1) is 6.92 Å². The first-order chi connectivity index (χ1) is 14.1. The third-order valence-electron chi connectivity index (χ3n) is 5.51. The predicted molar refractivity (Wildman–Crippen MR) is 110 cm³/mol. The van der Waals surface area contributed by atoms with Crippen LogP contribution in [0.4, 0.5) is 0 Å². The van der Waals surface area contributed by atoms with Crippen LogP contribution in [-0.4, -0.2) is 33.6 Å². The van der Waals surface area contributed by atoms with Crippen LogP contribution in [0.15, 0.2) is 35.4 Å². The maximum atomic E-state index is 12.6. The van der Waals surface area contributed by atoms with Crippen molar-refractivity contribution in [2.45, 2.75) is 32.1 Å². The van der Waals surface area contributed by atoms with E-state index in [1.807, 2.05) is 10.6 Å². The van der Waals surface area contributed by atoms with Crippen molar-refractivity contribution in [1.29, 1.82) is 0 Å². The van der Waals surface area contributed by atoms with E-state index in [2.05, 4.69) is 29.2 Å². The summed E-state index contributed by atoms with van der Waals surface area (Å²) >= 11 is 0. The quantitative estimate of drug-likeness (QED) is 0.565. The van der Waals surface area contributed by atoms with Gasteiger partial charge < -0.3 is 18.9 Å². The van der Waals surface area contributed by atoms with Gasteiger partial charge in [0.05, 0.1) is 30.8 Å². The largest absolute Gasteiger partial charge is 0.493 e. The van der Waals surface area contributed by atoms with Gasteiger partial charge in [-0.1, -0.05) is 0 Å². The summed E-state index contributed by atoms with van der Waals surface area (Å²) in [6, 6.07) is 5.56. The molecule has 0 bridgehead atoms. The molecule has 0 aliphatic heterocycles. The SMILES string of the molecule is COc1cc2nc(Cc3cn4cc(C)c(C5CC5)cc4n3)[nH]c(=O)c2cc1OC. The summed E-state index contributed by atoms with van der Waals surface area (Å²) in [7, 11) is 3.10. The normalized spacial score (nSPS) is 13.9. The fraction of sp³-hybridized carbons (Fsp3) is 0.318. The standard InChI is InChI=1S/C22H22N4O3/c1-12-10-26-11-14(23-21(26)8-15(12)13-4-5-13)6-20-24-17-9-19(29-3)18(28-2)7-16(17)22(27)25-20/h7-11,13H,4-6H2,1-3H3,(H,24,25,27). The second-order valence-electron chi connectivity index (χ2n) is 7.60. The number of pyridine rings is 1. The molecule has 29 heavy (non-hydrogen) atoms. The van der Waals surface area contributed by atoms with Crippen LogP contribution in [0.1, 0.15) is 41.4 Å². The van der Waals surface area contributed by atoms with Gasteiger partial charge in [-0.2, -0.15) is 0 Å². The monoisotopic (exact) mass is 390 g/mol. The Balaban J connectivity index is 1.53. The maximum absolute atomic E-state index is 12.6. The fourth-order valence-corrected chi connectivity index (χ4v) is 3.90. The number of aromatic amines is 1. The second-order valence-corrected chi connectivity index (χ2v) is 7.60. The van der Waals surface area contributed by atoms with Crippen molar-refractivity contribution in [2.24, 2.45) is 0 Å². The maximum Gasteiger partial charge on any atom is 0.258 e. The number of hydrogen-bond acceptors (Lipinski definition) is 5. The highest BCUT2D eigenvalue weighted by molar-refractivity contribution is 5.81. The summed E-state index contributed by atoms with van der Waals surface area (Å²) in [5, 5.41) is 0.464. The first-order valence-electron chi connectivity index (χ1n) is 9.68. The number of nitrogens with one attached hydrogen (secondary N) is 1. The molecule has 1 aliphatic rings. The lowest BCUT2D eigenvalue weighted by atomic mass is 10.1. The number of benzene rings is 1. The van der Waals surface area contributed by atoms with E-state index >= 15 is 0 Å². The Morgan fingerprint density at radius 2 is 1.86 bits per heavy atom. The molecule has 0 radical (unpaired) electrons. The number of methoxy groups -OCH3 is 2. The van der Waals surface area contributed by atoms with Crippen molar-refractivity contribution in [2.75, 3.05) is 14.2 Å². The Kier molecular flexibility index (Phi) is 4.04. The van der Waals surface area contributed by atoms with Crippen molar-refractivity contribution in [3.8, 4) is 11.5 Å². The molecule has 4 aromatic rings. The van der Waals surface area contributed by atoms with Crippen LogP contribution in [0.25, 0.3) is 16.6 Å². The third kappa shape index (κ3) is 3.12. The second kappa shape index (κ2) is 6.62. The minimum atomic E-state index is -0.207. The van der Waals surface area contributed by atoms with Gasteiger partial charge in [-0.25, -0.2) is 9.97 Å². The zero-order valence-electron chi connectivity index (χ0n) is 16.7. The van der Waals surface area contributed by atoms with Gasteiger partial charge in [-0.05, 0) is 48.9 Å². The molecule has 3 aromatic heterocycles. The van der Waals surface area contributed by atoms with Crippen LogP contribution in [0.5, 0.6) is 11.5 Å². The highest BCUT2D eigenvalue weighted by Gasteiger charge is 2.25. The molecule has 3 heterocycles. The zero-order chi connectivity index (χ0) is 20.1. The summed E-state index contributed by atoms with van der Waals surface area (Å²) < 4.78 is 12.7. The molecule has 7 heteroatoms. The van der Waals surface area contributed by atoms with Crippen LogP contribution in [-0.2, 0) is 6.42 Å². The van der Waals surface area contributed by atoms with Crippen molar-refractivity contribution in [3.63, 3.8) is 0 Å². The molecule has 0 atom stereocenters. The molecule has 148 valence electrons. The molecule has 1 aromatic carbocycles. The van der Waals surface area contributed by atoms with E-state index in [1.54, 1.807) is 26.4 Å². The first-order valence-corrected chi connectivity index (χ1v) is 9.68. The van der Waals surface area contributed by atoms with E-state index in [9.17, 15) is 4.79 Å². The lowest BCUT2D eigenvalue weighted by Crippen LogP contribution is -2.12. The van der Waals surface area contributed by atoms with E-state index in [0.29, 0.717) is 40.6 Å². The van der Waals surface area contributed by atoms with Gasteiger partial charge in [0.2, 0.25) is 0 Å². The van der Waals surface area contributed by atoms with E-state index in [0.717, 1.165) is 11.3 Å². The van der Waals surface area contributed by atoms with Gasteiger partial charge in [-0.3, -0.25) is 4.79 Å². The van der Waals surface area contributed by atoms with Crippen molar-refractivity contribution in [3.05, 3.63) is 63.6 Å². The molecule has 1 aliphatic carbocycles. The highest BCUT2D eigenvalue weighted by Crippen LogP contribution is 2.41. The molecule has 5 rings (SSSR count). The molecule has 7 nitrogen and oxygen atoms in total. The van der Waals surface area contributed by atoms with Crippen LogP contribution >= 0.6 is 0 Å². The minimum Gasteiger partial charge on any atom is -0.493 e. The zero-order valence-corrected chi connectivity index (χ0v) is 16.7. The molecule has 1 saturated carbocycles. The number of aryl methyl sites for hydroxylation is 1. The van der Waals surface area contributed by atoms with Crippen LogP contribution < -0.4 is 15.0 Å². The number of rotatable bonds is 5. The lowest BCUT2D eigenvalue weighted by molar-refractivity contribution is 0.355. The fourth-order valence-electron chi connectivity index (χ4n) is 3.90. The predicted octanol–water partition coefficient (Wildman–Crippen LogP) is 3.36. The van der Waals surface area contributed by atoms with Crippen LogP contribution in [0.2, 0.25) is 0 Å². The van der Waals surface area contributed by atoms with Crippen molar-refractivity contribution < 1.29 is 9.47 Å². The van der Waals surface area contributed by atoms with Gasteiger partial charge in [0, 0.05) is 24.9 Å². The number of imidazole rings is 1. The molecule has 1 N–H and O–H groups in total. The Hall–Kier alpha value is -3.35. The first kappa shape index (κ1) is 17.7. The number of nitrogens with zero attached hydrogens (tertiary/aromatic N) is 3. The molecule has 0 saturated heterocycles. The number of fused-ring (bicyclic) bond motifs is 2. The van der Waals surface area contributed by atoms with Crippen molar-refractivity contribution >= 4 is 16.6 Å². The summed E-state index contributed by atoms with van der Waals surface area (Å²) in [5.74, 6) is 2.30. The smallest absolute Gasteiger partial charge is 0.258 e. The van der Waals surface area contributed by atoms with E-state index in [-0.39, 0.29) is 5.56 Å². The Morgan fingerprint density at radius 3 is 2.59 bits per heavy atom. The third-order valence-corrected chi connectivity index (χ3v) is 5.51. The van der Waals surface area contributed by atoms with Gasteiger partial charge in [0.1, 0.15) is 11.5 Å². The van der Waals surface area contributed by atoms with Crippen molar-refractivity contribution in [1.82, 2.24) is 19.4 Å². The number of hydrogen-bond donors (Lipinski definition) is 1. The minimum absolute atomic E-state index is 0.207. The molecule has 0 amide bonds. The molecular formula is C22H22N4O3. The summed E-state index contributed by atoms with van der Waals surface area (Å²) in [5.41, 5.74) is 4.84. The average Bonchev–Trinajstić information content (AvgIpc) is 3.47. The molecule has 0 unspecified atom stereocenters. The van der Waals surface area contributed by atoms with Gasteiger partial charge in [-0.15, -0.1) is 0 Å². The lowest BCUT2D eigenvalue weighted by Gasteiger charge is -2.09. The molecular weight excluding hydrogens is 368 g/mol. The molecule has 0 spiro atoms. The molecule has 1 fully saturated rings. The topological polar surface area (TPSA) is 81.5 Å². The number of ether oxygens (including phenoxy) is 2. The summed E-state index contributed by atoms with van der Waals surface area (Å²) in [6.45, 7) is 2.15. The summed E-state index contributed by atoms with van der Waals surface area (Å²) in [6.07, 6.45) is 7.10. The Labute approximate surface area is 167 Å². The van der Waals surface area contributed by atoms with E-state index in [1.165, 1.54) is 24.0 Å². The van der Waals surface area contributed by atoms with Crippen LogP contribution in [0.3, 0.4) is 0 Å². The summed E-state index contributed by atoms with van der Waals surface area (Å²) in [4.78, 5) is 24.8. The van der Waals surface area contributed by atoms with Gasteiger partial charge >= 0.3 is 0 Å². The Bertz CT molecular complexity index is 1300. The van der Waals surface area contributed by atoms with E-state index < -0.39 is 0 Å². The number of aromatic nitrogens is 4. The van der Waals surface area contributed by atoms with Gasteiger partial charge in [0.15, 0.2) is 11.5 Å².